The Labute approximate surface area is 180 Å². The summed E-state index contributed by atoms with van der Waals surface area (Å²) >= 11 is 0. The van der Waals surface area contributed by atoms with E-state index >= 15 is 0 Å². The number of sulfonamides is 1. The summed E-state index contributed by atoms with van der Waals surface area (Å²) in [5.74, 6) is 0.0880. The molecule has 0 saturated carbocycles. The molecule has 30 heavy (non-hydrogen) atoms. The smallest absolute Gasteiger partial charge is 0.222 e. The average Bonchev–Trinajstić information content (AvgIpc) is 2.73. The quantitative estimate of drug-likeness (QED) is 0.676. The van der Waals surface area contributed by atoms with E-state index in [1.54, 1.807) is 0 Å². The number of benzene rings is 1. The predicted octanol–water partition coefficient (Wildman–Crippen LogP) is 2.38. The van der Waals surface area contributed by atoms with E-state index in [4.69, 9.17) is 4.74 Å². The first kappa shape index (κ1) is 23.0. The normalized spacial score (nSPS) is 23.5. The number of hydrogen-bond acceptors (Lipinski definition) is 5. The Kier molecular flexibility index (Phi) is 8.13. The van der Waals surface area contributed by atoms with Crippen LogP contribution in [-0.4, -0.2) is 69.9 Å². The van der Waals surface area contributed by atoms with Crippen LogP contribution in [0.25, 0.3) is 0 Å². The Balaban J connectivity index is 1.59. The lowest BCUT2D eigenvalue weighted by Crippen LogP contribution is -2.59. The molecule has 2 atom stereocenters. The third-order valence-electron chi connectivity index (χ3n) is 5.99. The van der Waals surface area contributed by atoms with Crippen LogP contribution >= 0.6 is 0 Å². The number of rotatable bonds is 8. The third-order valence-corrected chi connectivity index (χ3v) is 6.73. The van der Waals surface area contributed by atoms with Gasteiger partial charge < -0.3 is 14.5 Å². The van der Waals surface area contributed by atoms with Crippen LogP contribution in [0.4, 0.5) is 5.69 Å². The molecule has 0 radical (unpaired) electrons. The van der Waals surface area contributed by atoms with Gasteiger partial charge in [-0.15, -0.1) is 0 Å². The van der Waals surface area contributed by atoms with Crippen molar-refractivity contribution in [2.45, 2.75) is 63.6 Å². The lowest BCUT2D eigenvalue weighted by molar-refractivity contribution is -0.138. The number of nitrogens with zero attached hydrogens (tertiary/aromatic N) is 2. The van der Waals surface area contributed by atoms with Gasteiger partial charge in [-0.1, -0.05) is 25.1 Å². The topological polar surface area (TPSA) is 79.0 Å². The fourth-order valence-electron chi connectivity index (χ4n) is 4.50. The maximum absolute atomic E-state index is 12.7. The van der Waals surface area contributed by atoms with Gasteiger partial charge in [-0.25, -0.2) is 13.1 Å². The molecule has 168 valence electrons. The summed E-state index contributed by atoms with van der Waals surface area (Å²) in [6.07, 6.45) is 5.95. The van der Waals surface area contributed by atoms with Crippen LogP contribution in [0.3, 0.4) is 0 Å². The zero-order valence-electron chi connectivity index (χ0n) is 18.1. The van der Waals surface area contributed by atoms with Crippen LogP contribution in [0.15, 0.2) is 30.3 Å². The highest BCUT2D eigenvalue weighted by molar-refractivity contribution is 7.88. The molecule has 0 spiro atoms. The van der Waals surface area contributed by atoms with Gasteiger partial charge in [0.2, 0.25) is 15.9 Å². The second-order valence-electron chi connectivity index (χ2n) is 8.40. The molecule has 1 N–H and O–H groups in total. The van der Waals surface area contributed by atoms with E-state index in [0.717, 1.165) is 45.2 Å². The standard InChI is InChI=1S/C22H35N3O4S/c1-3-8-22(26)25-14-7-11-20(23-30(2,27)28)21(25)17-29-19-12-15-24(16-13-19)18-9-5-4-6-10-18/h4-6,9-10,19-21,23H,3,7-8,11-17H2,1-2H3/t20-,21-/m0/s1. The molecule has 2 aliphatic heterocycles. The molecular formula is C22H35N3O4S. The second kappa shape index (κ2) is 10.6. The van der Waals surface area contributed by atoms with Crippen LogP contribution in [0.5, 0.6) is 0 Å². The van der Waals surface area contributed by atoms with E-state index in [-0.39, 0.29) is 24.1 Å². The molecule has 1 aromatic carbocycles. The fourth-order valence-corrected chi connectivity index (χ4v) is 5.32. The Morgan fingerprint density at radius 3 is 2.47 bits per heavy atom. The molecule has 2 fully saturated rings. The molecular weight excluding hydrogens is 402 g/mol. The van der Waals surface area contributed by atoms with Crippen molar-refractivity contribution in [1.82, 2.24) is 9.62 Å². The number of piperidine rings is 2. The van der Waals surface area contributed by atoms with Crippen LogP contribution < -0.4 is 9.62 Å². The third kappa shape index (κ3) is 6.43. The number of nitrogens with one attached hydrogen (secondary N) is 1. The number of ether oxygens (including phenoxy) is 1. The Hall–Kier alpha value is -1.64. The number of amides is 1. The van der Waals surface area contributed by atoms with Crippen LogP contribution in [-0.2, 0) is 19.6 Å². The van der Waals surface area contributed by atoms with E-state index in [1.807, 2.05) is 17.9 Å². The monoisotopic (exact) mass is 437 g/mol. The van der Waals surface area contributed by atoms with E-state index in [9.17, 15) is 13.2 Å². The minimum atomic E-state index is -3.35. The van der Waals surface area contributed by atoms with Gasteiger partial charge in [0.05, 0.1) is 25.0 Å². The van der Waals surface area contributed by atoms with E-state index in [0.29, 0.717) is 19.6 Å². The van der Waals surface area contributed by atoms with Crippen molar-refractivity contribution >= 4 is 21.6 Å². The van der Waals surface area contributed by atoms with Gasteiger partial charge in [0.25, 0.3) is 0 Å². The van der Waals surface area contributed by atoms with Gasteiger partial charge in [0.15, 0.2) is 0 Å². The molecule has 8 heteroatoms. The summed E-state index contributed by atoms with van der Waals surface area (Å²) in [4.78, 5) is 16.9. The van der Waals surface area contributed by atoms with Gasteiger partial charge in [0.1, 0.15) is 0 Å². The van der Waals surface area contributed by atoms with Crippen molar-refractivity contribution in [3.05, 3.63) is 30.3 Å². The van der Waals surface area contributed by atoms with Crippen LogP contribution in [0.2, 0.25) is 0 Å². The van der Waals surface area contributed by atoms with Crippen LogP contribution in [0.1, 0.15) is 45.4 Å². The number of likely N-dealkylation sites (tertiary alicyclic amines) is 1. The van der Waals surface area contributed by atoms with Crippen molar-refractivity contribution < 1.29 is 17.9 Å². The largest absolute Gasteiger partial charge is 0.376 e. The first-order valence-corrected chi connectivity index (χ1v) is 12.9. The molecule has 3 rings (SSSR count). The van der Waals surface area contributed by atoms with Gasteiger partial charge in [-0.05, 0) is 44.2 Å². The lowest BCUT2D eigenvalue weighted by Gasteiger charge is -2.42. The van der Waals surface area contributed by atoms with Crippen molar-refractivity contribution in [3.8, 4) is 0 Å². The number of hydrogen-bond donors (Lipinski definition) is 1. The predicted molar refractivity (Wildman–Crippen MR) is 119 cm³/mol. The minimum absolute atomic E-state index is 0.0880. The molecule has 1 aromatic rings. The fraction of sp³-hybridized carbons (Fsp3) is 0.682. The van der Waals surface area contributed by atoms with Gasteiger partial charge in [-0.2, -0.15) is 0 Å². The number of para-hydroxylation sites is 1. The Bertz CT molecular complexity index is 779. The number of carbonyl (C=O) groups excluding carboxylic acids is 1. The summed E-state index contributed by atoms with van der Waals surface area (Å²) in [5, 5.41) is 0. The zero-order valence-corrected chi connectivity index (χ0v) is 18.9. The summed E-state index contributed by atoms with van der Waals surface area (Å²) in [5.41, 5.74) is 1.23. The highest BCUT2D eigenvalue weighted by Gasteiger charge is 2.36. The molecule has 0 aliphatic carbocycles. The van der Waals surface area contributed by atoms with Crippen LogP contribution in [0, 0.1) is 0 Å². The molecule has 2 heterocycles. The summed E-state index contributed by atoms with van der Waals surface area (Å²) in [6, 6.07) is 9.84. The van der Waals surface area contributed by atoms with Crippen molar-refractivity contribution in [2.75, 3.05) is 37.4 Å². The summed E-state index contributed by atoms with van der Waals surface area (Å²) < 4.78 is 32.7. The highest BCUT2D eigenvalue weighted by Crippen LogP contribution is 2.24. The maximum atomic E-state index is 12.7. The van der Waals surface area contributed by atoms with E-state index in [2.05, 4.69) is 33.9 Å². The highest BCUT2D eigenvalue weighted by atomic mass is 32.2. The molecule has 0 aromatic heterocycles. The maximum Gasteiger partial charge on any atom is 0.222 e. The van der Waals surface area contributed by atoms with Crippen molar-refractivity contribution in [1.29, 1.82) is 0 Å². The molecule has 2 aliphatic rings. The first-order valence-electron chi connectivity index (χ1n) is 11.1. The summed E-state index contributed by atoms with van der Waals surface area (Å²) in [6.45, 7) is 4.89. The van der Waals surface area contributed by atoms with Gasteiger partial charge in [0, 0.05) is 37.8 Å². The Morgan fingerprint density at radius 2 is 1.83 bits per heavy atom. The second-order valence-corrected chi connectivity index (χ2v) is 10.2. The van der Waals surface area contributed by atoms with Crippen molar-refractivity contribution in [3.63, 3.8) is 0 Å². The number of carbonyl (C=O) groups is 1. The van der Waals surface area contributed by atoms with Crippen molar-refractivity contribution in [2.24, 2.45) is 0 Å². The molecule has 0 bridgehead atoms. The zero-order chi connectivity index (χ0) is 21.6. The average molecular weight is 438 g/mol. The SMILES string of the molecule is CCCC(=O)N1CCC[C@H](NS(C)(=O)=O)[C@@H]1COC1CCN(c2ccccc2)CC1. The van der Waals surface area contributed by atoms with E-state index in [1.165, 1.54) is 11.9 Å². The molecule has 7 nitrogen and oxygen atoms in total. The summed E-state index contributed by atoms with van der Waals surface area (Å²) in [7, 11) is -3.35. The van der Waals surface area contributed by atoms with E-state index < -0.39 is 10.0 Å². The molecule has 1 amide bonds. The lowest BCUT2D eigenvalue weighted by atomic mass is 9.96. The Morgan fingerprint density at radius 1 is 1.13 bits per heavy atom. The minimum Gasteiger partial charge on any atom is -0.376 e. The van der Waals surface area contributed by atoms with Gasteiger partial charge >= 0.3 is 0 Å². The first-order chi connectivity index (χ1) is 14.4. The molecule has 0 unspecified atom stereocenters. The van der Waals surface area contributed by atoms with Gasteiger partial charge in [-0.3, -0.25) is 4.79 Å². The number of anilines is 1. The molecule has 2 saturated heterocycles.